The molecular formula is C18H21NO3S. The number of carbonyl (C=O) groups excluding carboxylic acids is 1. The molecule has 0 aliphatic carbocycles. The van der Waals surface area contributed by atoms with E-state index in [1.165, 1.54) is 17.7 Å². The summed E-state index contributed by atoms with van der Waals surface area (Å²) in [4.78, 5) is 14.2. The van der Waals surface area contributed by atoms with Crippen LogP contribution in [0.15, 0.2) is 53.4 Å². The van der Waals surface area contributed by atoms with Gasteiger partial charge in [0.1, 0.15) is 0 Å². The minimum Gasteiger partial charge on any atom is -0.337 e. The summed E-state index contributed by atoms with van der Waals surface area (Å²) >= 11 is 0. The molecule has 0 aromatic heterocycles. The van der Waals surface area contributed by atoms with E-state index >= 15 is 0 Å². The first-order chi connectivity index (χ1) is 10.8. The Morgan fingerprint density at radius 3 is 2.22 bits per heavy atom. The van der Waals surface area contributed by atoms with Gasteiger partial charge in [0.15, 0.2) is 9.84 Å². The molecule has 0 fully saturated rings. The summed E-state index contributed by atoms with van der Waals surface area (Å²) in [5.41, 5.74) is 2.67. The van der Waals surface area contributed by atoms with E-state index in [2.05, 4.69) is 19.1 Å². The molecule has 0 spiro atoms. The van der Waals surface area contributed by atoms with Crippen molar-refractivity contribution in [1.29, 1.82) is 0 Å². The first kappa shape index (κ1) is 17.2. The molecule has 0 radical (unpaired) electrons. The predicted octanol–water partition coefficient (Wildman–Crippen LogP) is 2.92. The van der Waals surface area contributed by atoms with E-state index in [0.29, 0.717) is 12.1 Å². The fourth-order valence-electron chi connectivity index (χ4n) is 2.31. The van der Waals surface area contributed by atoms with Gasteiger partial charge in [-0.25, -0.2) is 8.42 Å². The van der Waals surface area contributed by atoms with Gasteiger partial charge in [-0.15, -0.1) is 0 Å². The third-order valence-corrected chi connectivity index (χ3v) is 4.82. The maximum absolute atomic E-state index is 12.5. The molecule has 5 heteroatoms. The fourth-order valence-corrected chi connectivity index (χ4v) is 2.97. The van der Waals surface area contributed by atoms with E-state index in [4.69, 9.17) is 0 Å². The van der Waals surface area contributed by atoms with Gasteiger partial charge in [-0.3, -0.25) is 4.79 Å². The normalized spacial score (nSPS) is 11.3. The Morgan fingerprint density at radius 1 is 1.04 bits per heavy atom. The molecule has 2 aromatic rings. The van der Waals surface area contributed by atoms with Gasteiger partial charge in [0.25, 0.3) is 5.91 Å². The first-order valence-electron chi connectivity index (χ1n) is 7.44. The fraction of sp³-hybridized carbons (Fsp3) is 0.278. The molecule has 0 N–H and O–H groups in total. The zero-order chi connectivity index (χ0) is 17.0. The number of aryl methyl sites for hydroxylation is 1. The lowest BCUT2D eigenvalue weighted by molar-refractivity contribution is 0.0785. The van der Waals surface area contributed by atoms with Gasteiger partial charge in [-0.2, -0.15) is 0 Å². The van der Waals surface area contributed by atoms with Crippen molar-refractivity contribution in [2.75, 3.05) is 13.3 Å². The van der Waals surface area contributed by atoms with Crippen LogP contribution in [0.4, 0.5) is 0 Å². The minimum absolute atomic E-state index is 0.157. The summed E-state index contributed by atoms with van der Waals surface area (Å²) in [6.07, 6.45) is 2.11. The molecule has 122 valence electrons. The van der Waals surface area contributed by atoms with Crippen molar-refractivity contribution in [2.24, 2.45) is 0 Å². The van der Waals surface area contributed by atoms with Crippen LogP contribution in [0.2, 0.25) is 0 Å². The molecule has 0 atom stereocenters. The van der Waals surface area contributed by atoms with Crippen LogP contribution in [0.3, 0.4) is 0 Å². The number of sulfone groups is 1. The highest BCUT2D eigenvalue weighted by Gasteiger charge is 2.15. The third kappa shape index (κ3) is 4.42. The molecule has 0 aliphatic rings. The number of carbonyl (C=O) groups is 1. The molecule has 0 saturated heterocycles. The Balaban J connectivity index is 2.16. The summed E-state index contributed by atoms with van der Waals surface area (Å²) in [6, 6.07) is 14.3. The van der Waals surface area contributed by atoms with Gasteiger partial charge in [0.2, 0.25) is 0 Å². The van der Waals surface area contributed by atoms with Crippen LogP contribution in [0.25, 0.3) is 0 Å². The number of hydrogen-bond donors (Lipinski definition) is 0. The largest absolute Gasteiger partial charge is 0.337 e. The van der Waals surface area contributed by atoms with E-state index in [9.17, 15) is 13.2 Å². The van der Waals surface area contributed by atoms with Gasteiger partial charge in [0, 0.05) is 25.4 Å². The van der Waals surface area contributed by atoms with E-state index in [1.807, 2.05) is 12.1 Å². The maximum Gasteiger partial charge on any atom is 0.253 e. The molecule has 0 bridgehead atoms. The Morgan fingerprint density at radius 2 is 1.65 bits per heavy atom. The Labute approximate surface area is 137 Å². The van der Waals surface area contributed by atoms with Crippen molar-refractivity contribution >= 4 is 15.7 Å². The van der Waals surface area contributed by atoms with Crippen molar-refractivity contribution in [3.8, 4) is 0 Å². The van der Waals surface area contributed by atoms with Crippen molar-refractivity contribution < 1.29 is 13.2 Å². The van der Waals surface area contributed by atoms with Crippen LogP contribution < -0.4 is 0 Å². The van der Waals surface area contributed by atoms with Crippen LogP contribution in [-0.2, 0) is 22.8 Å². The summed E-state index contributed by atoms with van der Waals surface area (Å²) in [5, 5.41) is 0. The van der Waals surface area contributed by atoms with Crippen molar-refractivity contribution in [2.45, 2.75) is 24.8 Å². The highest BCUT2D eigenvalue weighted by molar-refractivity contribution is 7.90. The average molecular weight is 331 g/mol. The number of amides is 1. The number of nitrogens with zero attached hydrogens (tertiary/aromatic N) is 1. The second-order valence-corrected chi connectivity index (χ2v) is 7.65. The topological polar surface area (TPSA) is 54.5 Å². The number of rotatable bonds is 5. The summed E-state index contributed by atoms with van der Waals surface area (Å²) < 4.78 is 23.2. The van der Waals surface area contributed by atoms with Gasteiger partial charge in [0.05, 0.1) is 4.90 Å². The average Bonchev–Trinajstić information content (AvgIpc) is 2.54. The summed E-state index contributed by atoms with van der Waals surface area (Å²) in [6.45, 7) is 2.57. The van der Waals surface area contributed by atoms with Gasteiger partial charge in [-0.1, -0.05) is 37.3 Å². The summed E-state index contributed by atoms with van der Waals surface area (Å²) in [5.74, 6) is -0.199. The first-order valence-corrected chi connectivity index (χ1v) is 9.34. The van der Waals surface area contributed by atoms with Crippen molar-refractivity contribution in [1.82, 2.24) is 4.90 Å². The van der Waals surface area contributed by atoms with Crippen molar-refractivity contribution in [3.05, 3.63) is 65.2 Å². The molecule has 0 unspecified atom stereocenters. The van der Waals surface area contributed by atoms with E-state index in [-0.39, 0.29) is 10.8 Å². The highest BCUT2D eigenvalue weighted by atomic mass is 32.2. The second-order valence-electron chi connectivity index (χ2n) is 5.63. The lowest BCUT2D eigenvalue weighted by Crippen LogP contribution is -2.26. The maximum atomic E-state index is 12.5. The number of benzene rings is 2. The standard InChI is InChI=1S/C18H21NO3S/c1-4-14-8-10-15(11-9-14)13-19(2)18(20)16-6-5-7-17(12-16)23(3,21)22/h5-12H,4,13H2,1-3H3. The molecule has 0 saturated carbocycles. The quantitative estimate of drug-likeness (QED) is 0.846. The zero-order valence-corrected chi connectivity index (χ0v) is 14.4. The third-order valence-electron chi connectivity index (χ3n) is 3.71. The van der Waals surface area contributed by atoms with Gasteiger partial charge in [-0.05, 0) is 35.7 Å². The van der Waals surface area contributed by atoms with Gasteiger partial charge >= 0.3 is 0 Å². The molecule has 23 heavy (non-hydrogen) atoms. The van der Waals surface area contributed by atoms with Crippen LogP contribution >= 0.6 is 0 Å². The SMILES string of the molecule is CCc1ccc(CN(C)C(=O)c2cccc(S(C)(=O)=O)c2)cc1. The van der Waals surface area contributed by atoms with Crippen LogP contribution in [0.5, 0.6) is 0 Å². The lowest BCUT2D eigenvalue weighted by atomic mass is 10.1. The van der Waals surface area contributed by atoms with E-state index in [1.54, 1.807) is 24.1 Å². The van der Waals surface area contributed by atoms with Crippen LogP contribution in [-0.4, -0.2) is 32.5 Å². The molecule has 0 heterocycles. The molecule has 0 aliphatic heterocycles. The Bertz CT molecular complexity index is 795. The minimum atomic E-state index is -3.32. The number of hydrogen-bond acceptors (Lipinski definition) is 3. The Hall–Kier alpha value is -2.14. The van der Waals surface area contributed by atoms with Gasteiger partial charge < -0.3 is 4.90 Å². The Kier molecular flexibility index (Phi) is 5.21. The summed E-state index contributed by atoms with van der Waals surface area (Å²) in [7, 11) is -1.61. The molecule has 4 nitrogen and oxygen atoms in total. The van der Waals surface area contributed by atoms with Crippen LogP contribution in [0.1, 0.15) is 28.4 Å². The van der Waals surface area contributed by atoms with E-state index in [0.717, 1.165) is 18.2 Å². The zero-order valence-electron chi connectivity index (χ0n) is 13.6. The lowest BCUT2D eigenvalue weighted by Gasteiger charge is -2.18. The highest BCUT2D eigenvalue weighted by Crippen LogP contribution is 2.14. The predicted molar refractivity (Wildman–Crippen MR) is 91.2 cm³/mol. The molecule has 1 amide bonds. The monoisotopic (exact) mass is 331 g/mol. The van der Waals surface area contributed by atoms with E-state index < -0.39 is 9.84 Å². The van der Waals surface area contributed by atoms with Crippen molar-refractivity contribution in [3.63, 3.8) is 0 Å². The smallest absolute Gasteiger partial charge is 0.253 e. The molecule has 2 aromatic carbocycles. The second kappa shape index (κ2) is 6.96. The van der Waals surface area contributed by atoms with Crippen LogP contribution in [0, 0.1) is 0 Å². The molecular weight excluding hydrogens is 310 g/mol. The molecule has 2 rings (SSSR count).